The van der Waals surface area contributed by atoms with Crippen LogP contribution in [0, 0.1) is 13.8 Å². The van der Waals surface area contributed by atoms with Crippen LogP contribution < -0.4 is 5.32 Å². The molecule has 1 aliphatic heterocycles. The van der Waals surface area contributed by atoms with Gasteiger partial charge >= 0.3 is 29.8 Å². The van der Waals surface area contributed by atoms with E-state index in [1.807, 2.05) is 0 Å². The molecule has 1 fully saturated rings. The van der Waals surface area contributed by atoms with Crippen molar-refractivity contribution in [2.75, 3.05) is 13.2 Å². The van der Waals surface area contributed by atoms with Gasteiger partial charge in [0.2, 0.25) is 12.2 Å². The molecular formula is C28H33NO11. The number of hydrogen-bond donors (Lipinski definition) is 4. The molecule has 0 bridgehead atoms. The Morgan fingerprint density at radius 3 is 1.55 bits per heavy atom. The molecule has 0 radical (unpaired) electrons. The summed E-state index contributed by atoms with van der Waals surface area (Å²) in [4.78, 5) is 58.5. The number of carbonyl (C=O) groups is 5. The summed E-state index contributed by atoms with van der Waals surface area (Å²) < 4.78 is 14.5. The maximum absolute atomic E-state index is 12.2. The minimum atomic E-state index is -2.22. The second-order valence-electron chi connectivity index (χ2n) is 9.00. The Morgan fingerprint density at radius 1 is 0.800 bits per heavy atom. The average Bonchev–Trinajstić information content (AvgIpc) is 2.91. The number of aryl methyl sites for hydroxylation is 2. The number of aliphatic hydroxyl groups is 1. The molecule has 12 heteroatoms. The zero-order valence-corrected chi connectivity index (χ0v) is 22.4. The number of carboxylic acid groups (broad SMARTS) is 2. The molecular weight excluding hydrogens is 526 g/mol. The maximum atomic E-state index is 12.2. The zero-order valence-electron chi connectivity index (χ0n) is 22.4. The van der Waals surface area contributed by atoms with Crippen molar-refractivity contribution in [1.29, 1.82) is 0 Å². The van der Waals surface area contributed by atoms with Crippen molar-refractivity contribution in [2.45, 2.75) is 58.0 Å². The Balaban J connectivity index is 0.000000389. The number of aliphatic hydroxyl groups excluding tert-OH is 1. The maximum Gasteiger partial charge on any atom is 0.349 e. The molecule has 0 spiro atoms. The minimum Gasteiger partial charge on any atom is -0.478 e. The van der Waals surface area contributed by atoms with Gasteiger partial charge in [-0.3, -0.25) is 4.79 Å². The Hall–Kier alpha value is -4.29. The third-order valence-corrected chi connectivity index (χ3v) is 5.76. The summed E-state index contributed by atoms with van der Waals surface area (Å²) in [6.07, 6.45) is -3.41. The van der Waals surface area contributed by atoms with E-state index in [0.717, 1.165) is 11.1 Å². The molecule has 0 unspecified atom stereocenters. The summed E-state index contributed by atoms with van der Waals surface area (Å²) in [5, 5.41) is 30.7. The average molecular weight is 560 g/mol. The number of benzene rings is 2. The quantitative estimate of drug-likeness (QED) is 0.259. The van der Waals surface area contributed by atoms with Crippen LogP contribution in [0.25, 0.3) is 0 Å². The molecule has 2 aromatic rings. The summed E-state index contributed by atoms with van der Waals surface area (Å²) in [5.74, 6) is -5.83. The third-order valence-electron chi connectivity index (χ3n) is 5.76. The second-order valence-corrected chi connectivity index (χ2v) is 9.00. The van der Waals surface area contributed by atoms with Gasteiger partial charge in [-0.25, -0.2) is 19.2 Å². The van der Waals surface area contributed by atoms with Crippen molar-refractivity contribution in [3.8, 4) is 0 Å². The molecule has 1 heterocycles. The zero-order chi connectivity index (χ0) is 29.8. The molecule has 4 atom stereocenters. The number of aliphatic carboxylic acids is 2. The van der Waals surface area contributed by atoms with Crippen LogP contribution in [-0.4, -0.2) is 82.7 Å². The minimum absolute atomic E-state index is 0.0332. The SMILES string of the molecule is CCOC(=O)[C@@H]1CC[C@H](O)CN1.Cc1ccc(C(=O)O[C@H](C(=O)O)[C@H](OC(=O)c2ccc(C)cc2)C(=O)O)cc1. The highest BCUT2D eigenvalue weighted by molar-refractivity contribution is 5.95. The first-order chi connectivity index (χ1) is 18.9. The molecule has 12 nitrogen and oxygen atoms in total. The molecule has 0 aromatic heterocycles. The molecule has 40 heavy (non-hydrogen) atoms. The van der Waals surface area contributed by atoms with E-state index >= 15 is 0 Å². The van der Waals surface area contributed by atoms with E-state index in [4.69, 9.17) is 19.3 Å². The van der Waals surface area contributed by atoms with Gasteiger partial charge in [-0.1, -0.05) is 35.4 Å². The van der Waals surface area contributed by atoms with Crippen LogP contribution in [0.3, 0.4) is 0 Å². The van der Waals surface area contributed by atoms with E-state index in [-0.39, 0.29) is 29.2 Å². The number of ether oxygens (including phenoxy) is 3. The molecule has 2 aromatic carbocycles. The van der Waals surface area contributed by atoms with Gasteiger partial charge in [-0.15, -0.1) is 0 Å². The summed E-state index contributed by atoms with van der Waals surface area (Å²) in [6, 6.07) is 11.9. The first kappa shape index (κ1) is 31.9. The van der Waals surface area contributed by atoms with Crippen LogP contribution in [0.2, 0.25) is 0 Å². The van der Waals surface area contributed by atoms with Gasteiger partial charge in [-0.2, -0.15) is 0 Å². The van der Waals surface area contributed by atoms with Crippen molar-refractivity contribution < 1.29 is 53.5 Å². The molecule has 0 saturated carbocycles. The molecule has 1 aliphatic rings. The highest BCUT2D eigenvalue weighted by Gasteiger charge is 2.41. The van der Waals surface area contributed by atoms with Crippen LogP contribution >= 0.6 is 0 Å². The first-order valence-electron chi connectivity index (χ1n) is 12.5. The molecule has 0 amide bonds. The van der Waals surface area contributed by atoms with Crippen molar-refractivity contribution in [2.24, 2.45) is 0 Å². The summed E-state index contributed by atoms with van der Waals surface area (Å²) in [6.45, 7) is 6.28. The number of carbonyl (C=O) groups excluding carboxylic acids is 3. The lowest BCUT2D eigenvalue weighted by Crippen LogP contribution is -2.46. The molecule has 0 aliphatic carbocycles. The monoisotopic (exact) mass is 559 g/mol. The van der Waals surface area contributed by atoms with E-state index < -0.39 is 36.1 Å². The number of β-amino-alcohol motifs (C(OH)–C–C–N with tert-alkyl or cyclic N) is 1. The van der Waals surface area contributed by atoms with Crippen LogP contribution in [0.5, 0.6) is 0 Å². The fourth-order valence-electron chi connectivity index (χ4n) is 3.51. The topological polar surface area (TPSA) is 186 Å². The van der Waals surface area contributed by atoms with Crippen LogP contribution in [-0.2, 0) is 28.6 Å². The number of nitrogens with one attached hydrogen (secondary N) is 1. The van der Waals surface area contributed by atoms with Crippen LogP contribution in [0.1, 0.15) is 51.6 Å². The fraction of sp³-hybridized carbons (Fsp3) is 0.393. The highest BCUT2D eigenvalue weighted by Crippen LogP contribution is 2.14. The normalized spacial score (nSPS) is 17.7. The van der Waals surface area contributed by atoms with Gasteiger partial charge in [0, 0.05) is 6.54 Å². The Bertz CT molecular complexity index is 1090. The van der Waals surface area contributed by atoms with E-state index in [0.29, 0.717) is 26.0 Å². The first-order valence-corrected chi connectivity index (χ1v) is 12.5. The van der Waals surface area contributed by atoms with Gasteiger partial charge < -0.3 is 34.8 Å². The van der Waals surface area contributed by atoms with Crippen LogP contribution in [0.15, 0.2) is 48.5 Å². The Kier molecular flexibility index (Phi) is 12.2. The van der Waals surface area contributed by atoms with E-state index in [1.165, 1.54) is 24.3 Å². The second kappa shape index (κ2) is 15.3. The van der Waals surface area contributed by atoms with Gasteiger partial charge in [0.25, 0.3) is 0 Å². The lowest BCUT2D eigenvalue weighted by atomic mass is 10.0. The predicted octanol–water partition coefficient (Wildman–Crippen LogP) is 1.89. The van der Waals surface area contributed by atoms with Gasteiger partial charge in [0.1, 0.15) is 6.04 Å². The number of esters is 3. The molecule has 1 saturated heterocycles. The standard InChI is InChI=1S/C20H18O8.C8H15NO3/c1-11-3-7-13(8-4-11)19(25)27-15(17(21)22)16(18(23)24)28-20(26)14-9-5-12(2)6-10-14;1-2-12-8(11)7-4-3-6(10)5-9-7/h3-10,15-16H,1-2H3,(H,21,22)(H,23,24);6-7,9-10H,2-5H2,1H3/t15-,16-;6-,7-/m00/s1. The number of piperidine rings is 1. The van der Waals surface area contributed by atoms with Gasteiger partial charge in [0.15, 0.2) is 0 Å². The van der Waals surface area contributed by atoms with Gasteiger partial charge in [0.05, 0.1) is 23.8 Å². The summed E-state index contributed by atoms with van der Waals surface area (Å²) in [7, 11) is 0. The highest BCUT2D eigenvalue weighted by atomic mass is 16.6. The lowest BCUT2D eigenvalue weighted by molar-refractivity contribution is -0.166. The largest absolute Gasteiger partial charge is 0.478 e. The Labute approximate surface area is 230 Å². The number of carboxylic acids is 2. The Morgan fingerprint density at radius 2 is 1.23 bits per heavy atom. The lowest BCUT2D eigenvalue weighted by Gasteiger charge is -2.25. The van der Waals surface area contributed by atoms with Crippen molar-refractivity contribution in [1.82, 2.24) is 5.32 Å². The van der Waals surface area contributed by atoms with Crippen molar-refractivity contribution in [3.05, 3.63) is 70.8 Å². The number of hydrogen-bond acceptors (Lipinski definition) is 10. The van der Waals surface area contributed by atoms with Crippen molar-refractivity contribution in [3.63, 3.8) is 0 Å². The van der Waals surface area contributed by atoms with E-state index in [1.54, 1.807) is 45.0 Å². The molecule has 4 N–H and O–H groups in total. The van der Waals surface area contributed by atoms with E-state index in [9.17, 15) is 34.2 Å². The molecule has 3 rings (SSSR count). The van der Waals surface area contributed by atoms with Crippen LogP contribution in [0.4, 0.5) is 0 Å². The summed E-state index contributed by atoms with van der Waals surface area (Å²) >= 11 is 0. The van der Waals surface area contributed by atoms with E-state index in [2.05, 4.69) is 5.32 Å². The van der Waals surface area contributed by atoms with Crippen molar-refractivity contribution >= 4 is 29.8 Å². The third kappa shape index (κ3) is 9.79. The predicted molar refractivity (Wildman–Crippen MR) is 140 cm³/mol. The molecule has 216 valence electrons. The van der Waals surface area contributed by atoms with Gasteiger partial charge in [-0.05, 0) is 57.9 Å². The summed E-state index contributed by atoms with van der Waals surface area (Å²) in [5.41, 5.74) is 1.79. The number of rotatable bonds is 9. The smallest absolute Gasteiger partial charge is 0.349 e. The fourth-order valence-corrected chi connectivity index (χ4v) is 3.51.